The van der Waals surface area contributed by atoms with Crippen LogP contribution in [0.15, 0.2) is 176 Å². The highest BCUT2D eigenvalue weighted by molar-refractivity contribution is 5.99. The van der Waals surface area contributed by atoms with E-state index in [4.69, 9.17) is 0 Å². The van der Waals surface area contributed by atoms with Gasteiger partial charge >= 0.3 is 0 Å². The molecule has 0 heterocycles. The zero-order chi connectivity index (χ0) is 39.6. The molecule has 11 rings (SSSR count). The average Bonchev–Trinajstić information content (AvgIpc) is 3.79. The molecule has 0 fully saturated rings. The molecule has 58 heavy (non-hydrogen) atoms. The Bertz CT molecular complexity index is 2960. The lowest BCUT2D eigenvalue weighted by molar-refractivity contribution is 0.588. The number of hydrogen-bond acceptors (Lipinski definition) is 1. The van der Waals surface area contributed by atoms with Gasteiger partial charge in [0, 0.05) is 22.5 Å². The molecule has 3 aliphatic carbocycles. The number of aryl methyl sites for hydroxylation is 1. The second-order valence-electron chi connectivity index (χ2n) is 18.2. The summed E-state index contributed by atoms with van der Waals surface area (Å²) in [7, 11) is 0. The molecule has 0 N–H and O–H groups in total. The van der Waals surface area contributed by atoms with E-state index in [9.17, 15) is 0 Å². The Kier molecular flexibility index (Phi) is 7.36. The van der Waals surface area contributed by atoms with Gasteiger partial charge in [-0.05, 0) is 132 Å². The molecule has 0 radical (unpaired) electrons. The van der Waals surface area contributed by atoms with Crippen LogP contribution in [0.4, 0.5) is 17.1 Å². The molecule has 1 heteroatoms. The second-order valence-corrected chi connectivity index (χ2v) is 18.2. The van der Waals surface area contributed by atoms with Crippen molar-refractivity contribution in [2.24, 2.45) is 0 Å². The summed E-state index contributed by atoms with van der Waals surface area (Å²) in [4.78, 5) is 2.41. The smallest absolute Gasteiger partial charge is 0.0731 e. The van der Waals surface area contributed by atoms with E-state index in [2.05, 4.69) is 222 Å². The molecule has 280 valence electrons. The van der Waals surface area contributed by atoms with Crippen molar-refractivity contribution in [2.75, 3.05) is 4.90 Å². The zero-order valence-corrected chi connectivity index (χ0v) is 34.2. The molecular weight excluding hydrogens is 699 g/mol. The predicted octanol–water partition coefficient (Wildman–Crippen LogP) is 15.1. The summed E-state index contributed by atoms with van der Waals surface area (Å²) in [5.74, 6) is 0. The van der Waals surface area contributed by atoms with Crippen molar-refractivity contribution in [3.8, 4) is 44.5 Å². The van der Waals surface area contributed by atoms with Crippen molar-refractivity contribution in [3.63, 3.8) is 0 Å². The van der Waals surface area contributed by atoms with E-state index in [-0.39, 0.29) is 10.8 Å². The van der Waals surface area contributed by atoms with Gasteiger partial charge < -0.3 is 4.90 Å². The summed E-state index contributed by atoms with van der Waals surface area (Å²) >= 11 is 0. The highest BCUT2D eigenvalue weighted by atomic mass is 15.1. The van der Waals surface area contributed by atoms with E-state index in [0.717, 1.165) is 17.1 Å². The number of fused-ring (bicyclic) bond motifs is 13. The third-order valence-corrected chi connectivity index (χ3v) is 13.5. The molecule has 1 unspecified atom stereocenters. The number of rotatable bonds is 4. The number of hydrogen-bond donors (Lipinski definition) is 0. The van der Waals surface area contributed by atoms with Gasteiger partial charge in [-0.1, -0.05) is 180 Å². The highest BCUT2D eigenvalue weighted by Crippen LogP contribution is 2.65. The molecule has 0 saturated carbocycles. The Labute approximate surface area is 343 Å². The lowest BCUT2D eigenvalue weighted by Gasteiger charge is -2.33. The minimum Gasteiger partial charge on any atom is -0.310 e. The molecular formula is C57H47N. The van der Waals surface area contributed by atoms with Gasteiger partial charge in [0.1, 0.15) is 0 Å². The quantitative estimate of drug-likeness (QED) is 0.173. The normalized spacial score (nSPS) is 16.3. The van der Waals surface area contributed by atoms with E-state index in [1.807, 2.05) is 0 Å². The van der Waals surface area contributed by atoms with Gasteiger partial charge in [-0.15, -0.1) is 0 Å². The first-order chi connectivity index (χ1) is 28.1. The van der Waals surface area contributed by atoms with Crippen LogP contribution >= 0.6 is 0 Å². The summed E-state index contributed by atoms with van der Waals surface area (Å²) in [6.07, 6.45) is 0. The molecule has 3 aliphatic rings. The van der Waals surface area contributed by atoms with Gasteiger partial charge in [0.05, 0.1) is 5.41 Å². The molecule has 1 spiro atoms. The van der Waals surface area contributed by atoms with Crippen LogP contribution in [-0.4, -0.2) is 0 Å². The van der Waals surface area contributed by atoms with Gasteiger partial charge in [-0.3, -0.25) is 0 Å². The van der Waals surface area contributed by atoms with Gasteiger partial charge in [0.25, 0.3) is 0 Å². The maximum absolute atomic E-state index is 2.53. The van der Waals surface area contributed by atoms with E-state index < -0.39 is 5.41 Å². The zero-order valence-electron chi connectivity index (χ0n) is 34.2. The van der Waals surface area contributed by atoms with E-state index >= 15 is 0 Å². The Hall–Kier alpha value is -6.44. The standard InChI is InChI=1S/C57H47N/c1-36-23-30-46-47-31-26-38(55(2,3)4)34-53(47)57(52(46)33-36)50-22-13-11-18-44(50)48-20-14-19-42(54(48)57)37-24-27-40(28-25-37)58(39-15-8-7-9-16-39)41-29-32-45-43-17-10-12-21-49(43)56(5,6)51(45)35-41/h7-35H,1-6H3. The van der Waals surface area contributed by atoms with E-state index in [0.29, 0.717) is 0 Å². The molecule has 0 aliphatic heterocycles. The average molecular weight is 746 g/mol. The summed E-state index contributed by atoms with van der Waals surface area (Å²) in [6, 6.07) is 66.6. The second kappa shape index (κ2) is 12.3. The molecule has 0 bridgehead atoms. The Morgan fingerprint density at radius 3 is 1.67 bits per heavy atom. The van der Waals surface area contributed by atoms with Crippen LogP contribution in [0.2, 0.25) is 0 Å². The number of anilines is 3. The molecule has 8 aromatic rings. The molecule has 0 aromatic heterocycles. The monoisotopic (exact) mass is 745 g/mol. The predicted molar refractivity (Wildman–Crippen MR) is 244 cm³/mol. The number of benzene rings is 8. The molecule has 0 saturated heterocycles. The van der Waals surface area contributed by atoms with Crippen LogP contribution in [0.1, 0.15) is 79.1 Å². The van der Waals surface area contributed by atoms with Gasteiger partial charge in [0.2, 0.25) is 0 Å². The molecule has 1 atom stereocenters. The fraction of sp³-hybridized carbons (Fsp3) is 0.158. The van der Waals surface area contributed by atoms with Crippen LogP contribution in [0.5, 0.6) is 0 Å². The Balaban J connectivity index is 1.10. The summed E-state index contributed by atoms with van der Waals surface area (Å²) in [5.41, 5.74) is 24.4. The van der Waals surface area contributed by atoms with Gasteiger partial charge in [-0.2, -0.15) is 0 Å². The minimum atomic E-state index is -0.440. The first kappa shape index (κ1) is 34.8. The SMILES string of the molecule is Cc1ccc2c(c1)C1(c3cc(C(C)(C)C)ccc3-2)c2ccccc2-c2cccc(-c3ccc(N(c4ccccc4)c4ccc5c(c4)C(C)(C)c4ccccc4-5)cc3)c21. The highest BCUT2D eigenvalue weighted by Gasteiger charge is 2.53. The maximum Gasteiger partial charge on any atom is 0.0731 e. The molecule has 1 nitrogen and oxygen atoms in total. The maximum atomic E-state index is 2.53. The largest absolute Gasteiger partial charge is 0.310 e. The topological polar surface area (TPSA) is 3.24 Å². The summed E-state index contributed by atoms with van der Waals surface area (Å²) in [6.45, 7) is 14.0. The van der Waals surface area contributed by atoms with Crippen molar-refractivity contribution in [3.05, 3.63) is 220 Å². The Morgan fingerprint density at radius 1 is 0.397 bits per heavy atom. The van der Waals surface area contributed by atoms with Gasteiger partial charge in [0.15, 0.2) is 0 Å². The van der Waals surface area contributed by atoms with Crippen molar-refractivity contribution >= 4 is 17.1 Å². The van der Waals surface area contributed by atoms with Crippen molar-refractivity contribution in [2.45, 2.75) is 57.8 Å². The third kappa shape index (κ3) is 4.77. The lowest BCUT2D eigenvalue weighted by atomic mass is 9.67. The van der Waals surface area contributed by atoms with E-state index in [1.165, 1.54) is 89.0 Å². The van der Waals surface area contributed by atoms with E-state index in [1.54, 1.807) is 0 Å². The molecule has 0 amide bonds. The summed E-state index contributed by atoms with van der Waals surface area (Å²) in [5, 5.41) is 0. The van der Waals surface area contributed by atoms with Gasteiger partial charge in [-0.25, -0.2) is 0 Å². The third-order valence-electron chi connectivity index (χ3n) is 13.5. The lowest BCUT2D eigenvalue weighted by Crippen LogP contribution is -2.27. The van der Waals surface area contributed by atoms with Crippen LogP contribution in [0, 0.1) is 6.92 Å². The summed E-state index contributed by atoms with van der Waals surface area (Å²) < 4.78 is 0. The van der Waals surface area contributed by atoms with Crippen molar-refractivity contribution < 1.29 is 0 Å². The minimum absolute atomic E-state index is 0.0143. The van der Waals surface area contributed by atoms with Crippen molar-refractivity contribution in [1.82, 2.24) is 0 Å². The molecule has 8 aromatic carbocycles. The number of nitrogens with zero attached hydrogens (tertiary/aromatic N) is 1. The Morgan fingerprint density at radius 2 is 0.931 bits per heavy atom. The fourth-order valence-electron chi connectivity index (χ4n) is 10.7. The fourth-order valence-corrected chi connectivity index (χ4v) is 10.7. The number of para-hydroxylation sites is 1. The van der Waals surface area contributed by atoms with Crippen LogP contribution < -0.4 is 4.90 Å². The first-order valence-corrected chi connectivity index (χ1v) is 20.8. The van der Waals surface area contributed by atoms with Crippen molar-refractivity contribution in [1.29, 1.82) is 0 Å². The van der Waals surface area contributed by atoms with Crippen LogP contribution in [-0.2, 0) is 16.2 Å². The van der Waals surface area contributed by atoms with Crippen LogP contribution in [0.3, 0.4) is 0 Å². The van der Waals surface area contributed by atoms with Crippen LogP contribution in [0.25, 0.3) is 44.5 Å². The first-order valence-electron chi connectivity index (χ1n) is 20.8.